The summed E-state index contributed by atoms with van der Waals surface area (Å²) in [5.74, 6) is 0. The number of fused-ring (bicyclic) bond motifs is 1. The highest BCUT2D eigenvalue weighted by atomic mass is 16.3. The number of rotatable bonds is 7. The van der Waals surface area contributed by atoms with Gasteiger partial charge in [0, 0.05) is 58.4 Å². The van der Waals surface area contributed by atoms with E-state index in [-0.39, 0.29) is 6.61 Å². The number of benzene rings is 1. The predicted octanol–water partition coefficient (Wildman–Crippen LogP) is 0.810. The molecule has 2 aliphatic heterocycles. The molecule has 0 spiro atoms. The highest BCUT2D eigenvalue weighted by Gasteiger charge is 2.28. The van der Waals surface area contributed by atoms with E-state index in [1.165, 1.54) is 23.1 Å². The molecule has 1 unspecified atom stereocenters. The number of nitrogens with two attached hydrogens (primary N) is 1. The predicted molar refractivity (Wildman–Crippen MR) is 98.0 cm³/mol. The maximum absolute atomic E-state index is 9.02. The van der Waals surface area contributed by atoms with Gasteiger partial charge in [0.1, 0.15) is 0 Å². The van der Waals surface area contributed by atoms with E-state index in [1.807, 2.05) is 0 Å². The highest BCUT2D eigenvalue weighted by Crippen LogP contribution is 2.33. The molecule has 0 radical (unpaired) electrons. The number of hydrogen-bond donors (Lipinski definition) is 2. The number of hydrogen-bond acceptors (Lipinski definition) is 5. The molecule has 1 aromatic carbocycles. The maximum atomic E-state index is 9.02. The number of aliphatic hydroxyl groups is 1. The summed E-state index contributed by atoms with van der Waals surface area (Å²) in [6, 6.07) is 7.18. The van der Waals surface area contributed by atoms with E-state index in [9.17, 15) is 0 Å². The Kier molecular flexibility index (Phi) is 6.25. The van der Waals surface area contributed by atoms with E-state index in [0.717, 1.165) is 52.4 Å². The molecule has 2 heterocycles. The van der Waals surface area contributed by atoms with Crippen LogP contribution in [-0.4, -0.2) is 78.8 Å². The molecule has 0 bridgehead atoms. The second-order valence-electron chi connectivity index (χ2n) is 7.18. The van der Waals surface area contributed by atoms with Gasteiger partial charge in [0.2, 0.25) is 0 Å². The van der Waals surface area contributed by atoms with Crippen LogP contribution in [0.3, 0.4) is 0 Å². The topological polar surface area (TPSA) is 56.0 Å². The van der Waals surface area contributed by atoms with Crippen molar-refractivity contribution < 1.29 is 5.11 Å². The van der Waals surface area contributed by atoms with Gasteiger partial charge in [0.15, 0.2) is 0 Å². The van der Waals surface area contributed by atoms with Gasteiger partial charge in [-0.2, -0.15) is 0 Å². The van der Waals surface area contributed by atoms with Crippen molar-refractivity contribution >= 4 is 0 Å². The van der Waals surface area contributed by atoms with Crippen molar-refractivity contribution in [2.24, 2.45) is 5.73 Å². The zero-order chi connectivity index (χ0) is 16.9. The average Bonchev–Trinajstić information content (AvgIpc) is 2.93. The molecule has 2 aliphatic rings. The largest absolute Gasteiger partial charge is 0.395 e. The number of nitrogens with zero attached hydrogens (tertiary/aromatic N) is 3. The summed E-state index contributed by atoms with van der Waals surface area (Å²) in [5.41, 5.74) is 10.3. The van der Waals surface area contributed by atoms with Gasteiger partial charge in [-0.05, 0) is 31.0 Å². The Labute approximate surface area is 146 Å². The van der Waals surface area contributed by atoms with Crippen molar-refractivity contribution in [2.45, 2.75) is 25.9 Å². The molecule has 0 saturated carbocycles. The van der Waals surface area contributed by atoms with Crippen LogP contribution in [0.25, 0.3) is 0 Å². The summed E-state index contributed by atoms with van der Waals surface area (Å²) in [6.07, 6.45) is 1.20. The molecule has 0 aliphatic carbocycles. The standard InChI is InChI=1S/C19H32N4O/c1-16-3-4-17-15-23(19(14-20)18(17)13-16)6-2-5-21-7-9-22(10-8-21)11-12-24/h3-4,13,19,24H,2,5-12,14-15,20H2,1H3. The SMILES string of the molecule is Cc1ccc2c(c1)C(CN)N(CCCN1CCN(CCO)CC1)C2. The fourth-order valence-corrected chi connectivity index (χ4v) is 4.08. The van der Waals surface area contributed by atoms with E-state index < -0.39 is 0 Å². The molecule has 3 N–H and O–H groups in total. The Morgan fingerprint density at radius 2 is 1.79 bits per heavy atom. The molecule has 5 heteroatoms. The number of piperazine rings is 1. The number of aryl methyl sites for hydroxylation is 1. The van der Waals surface area contributed by atoms with Crippen LogP contribution in [0.1, 0.15) is 29.2 Å². The van der Waals surface area contributed by atoms with Crippen LogP contribution < -0.4 is 5.73 Å². The fourth-order valence-electron chi connectivity index (χ4n) is 4.08. The molecular weight excluding hydrogens is 300 g/mol. The Bertz CT molecular complexity index is 528. The molecule has 1 saturated heterocycles. The van der Waals surface area contributed by atoms with E-state index >= 15 is 0 Å². The molecule has 134 valence electrons. The van der Waals surface area contributed by atoms with Crippen LogP contribution in [0.5, 0.6) is 0 Å². The van der Waals surface area contributed by atoms with Crippen LogP contribution in [0.2, 0.25) is 0 Å². The van der Waals surface area contributed by atoms with Gasteiger partial charge in [0.05, 0.1) is 6.61 Å². The Hall–Kier alpha value is -0.980. The second kappa shape index (κ2) is 8.41. The first kappa shape index (κ1) is 17.8. The Morgan fingerprint density at radius 1 is 1.08 bits per heavy atom. The van der Waals surface area contributed by atoms with Crippen LogP contribution in [0, 0.1) is 6.92 Å². The minimum Gasteiger partial charge on any atom is -0.395 e. The third kappa shape index (κ3) is 4.16. The lowest BCUT2D eigenvalue weighted by Crippen LogP contribution is -2.47. The minimum atomic E-state index is 0.273. The molecule has 0 aromatic heterocycles. The van der Waals surface area contributed by atoms with Gasteiger partial charge < -0.3 is 15.7 Å². The van der Waals surface area contributed by atoms with Crippen LogP contribution in [-0.2, 0) is 6.54 Å². The third-order valence-corrected chi connectivity index (χ3v) is 5.50. The van der Waals surface area contributed by atoms with E-state index in [4.69, 9.17) is 10.8 Å². The normalized spacial score (nSPS) is 22.9. The summed E-state index contributed by atoms with van der Waals surface area (Å²) in [4.78, 5) is 7.45. The molecule has 24 heavy (non-hydrogen) atoms. The Morgan fingerprint density at radius 3 is 2.46 bits per heavy atom. The number of aliphatic hydroxyl groups excluding tert-OH is 1. The van der Waals surface area contributed by atoms with Gasteiger partial charge in [-0.25, -0.2) is 0 Å². The average molecular weight is 332 g/mol. The molecule has 1 atom stereocenters. The molecule has 0 amide bonds. The summed E-state index contributed by atoms with van der Waals surface area (Å²) in [6.45, 7) is 11.7. The summed E-state index contributed by atoms with van der Waals surface area (Å²) < 4.78 is 0. The van der Waals surface area contributed by atoms with E-state index in [0.29, 0.717) is 12.6 Å². The van der Waals surface area contributed by atoms with Gasteiger partial charge in [0.25, 0.3) is 0 Å². The van der Waals surface area contributed by atoms with Gasteiger partial charge >= 0.3 is 0 Å². The zero-order valence-electron chi connectivity index (χ0n) is 15.0. The van der Waals surface area contributed by atoms with Crippen molar-refractivity contribution in [1.82, 2.24) is 14.7 Å². The molecule has 1 aromatic rings. The van der Waals surface area contributed by atoms with Crippen molar-refractivity contribution in [2.75, 3.05) is 59.0 Å². The van der Waals surface area contributed by atoms with Gasteiger partial charge in [-0.3, -0.25) is 9.80 Å². The van der Waals surface area contributed by atoms with E-state index in [2.05, 4.69) is 39.8 Å². The fraction of sp³-hybridized carbons (Fsp3) is 0.684. The maximum Gasteiger partial charge on any atom is 0.0558 e. The summed E-state index contributed by atoms with van der Waals surface area (Å²) in [5, 5.41) is 9.02. The van der Waals surface area contributed by atoms with Crippen molar-refractivity contribution in [1.29, 1.82) is 0 Å². The summed E-state index contributed by atoms with van der Waals surface area (Å²) in [7, 11) is 0. The quantitative estimate of drug-likeness (QED) is 0.774. The first-order chi connectivity index (χ1) is 11.7. The van der Waals surface area contributed by atoms with Gasteiger partial charge in [-0.15, -0.1) is 0 Å². The highest BCUT2D eigenvalue weighted by molar-refractivity contribution is 5.37. The van der Waals surface area contributed by atoms with Crippen LogP contribution in [0.4, 0.5) is 0 Å². The van der Waals surface area contributed by atoms with Crippen molar-refractivity contribution in [3.63, 3.8) is 0 Å². The minimum absolute atomic E-state index is 0.273. The first-order valence-corrected chi connectivity index (χ1v) is 9.30. The molecule has 5 nitrogen and oxygen atoms in total. The smallest absolute Gasteiger partial charge is 0.0558 e. The third-order valence-electron chi connectivity index (χ3n) is 5.50. The molecule has 3 rings (SSSR count). The van der Waals surface area contributed by atoms with Crippen LogP contribution >= 0.6 is 0 Å². The number of β-amino-alcohol motifs (C(OH)–C–C–N with tert-alkyl or cyclic N) is 1. The van der Waals surface area contributed by atoms with Crippen molar-refractivity contribution in [3.05, 3.63) is 34.9 Å². The van der Waals surface area contributed by atoms with Gasteiger partial charge in [-0.1, -0.05) is 23.8 Å². The molecule has 1 fully saturated rings. The van der Waals surface area contributed by atoms with Crippen LogP contribution in [0.15, 0.2) is 18.2 Å². The summed E-state index contributed by atoms with van der Waals surface area (Å²) >= 11 is 0. The van der Waals surface area contributed by atoms with Crippen molar-refractivity contribution in [3.8, 4) is 0 Å². The zero-order valence-corrected chi connectivity index (χ0v) is 15.0. The monoisotopic (exact) mass is 332 g/mol. The second-order valence-corrected chi connectivity index (χ2v) is 7.18. The Balaban J connectivity index is 1.44. The lowest BCUT2D eigenvalue weighted by Gasteiger charge is -2.34. The lowest BCUT2D eigenvalue weighted by molar-refractivity contribution is 0.107. The van der Waals surface area contributed by atoms with E-state index in [1.54, 1.807) is 0 Å². The first-order valence-electron chi connectivity index (χ1n) is 9.30. The molecular formula is C19H32N4O. The lowest BCUT2D eigenvalue weighted by atomic mass is 10.0.